The number of amides is 4. The molecule has 7 nitrogen and oxygen atoms in total. The molecule has 3 aromatic carbocycles. The van der Waals surface area contributed by atoms with Gasteiger partial charge in [0.1, 0.15) is 11.4 Å². The molecule has 32 heavy (non-hydrogen) atoms. The molecule has 160 valence electrons. The molecule has 1 unspecified atom stereocenters. The standard InChI is InChI=1S/C24H18FN3O4/c1-24(22(31)27-23(32)28-24)15-5-4-6-17(13-15)26-21(30)19-8-3-2-7-18(19)20(29)14-9-11-16(25)12-10-14/h2-13H,1H3,(H,26,30)(H2,27,28,31,32). The highest BCUT2D eigenvalue weighted by Crippen LogP contribution is 2.27. The van der Waals surface area contributed by atoms with E-state index in [1.165, 1.54) is 36.4 Å². The van der Waals surface area contributed by atoms with Crippen molar-refractivity contribution in [1.29, 1.82) is 0 Å². The zero-order chi connectivity index (χ0) is 22.9. The second kappa shape index (κ2) is 8.07. The minimum absolute atomic E-state index is 0.144. The van der Waals surface area contributed by atoms with Crippen molar-refractivity contribution in [3.8, 4) is 0 Å². The Balaban J connectivity index is 1.61. The number of nitrogens with one attached hydrogen (secondary N) is 3. The number of carbonyl (C=O) groups is 4. The zero-order valence-electron chi connectivity index (χ0n) is 16.9. The maximum Gasteiger partial charge on any atom is 0.322 e. The van der Waals surface area contributed by atoms with Crippen LogP contribution < -0.4 is 16.0 Å². The smallest absolute Gasteiger partial charge is 0.322 e. The molecule has 1 aliphatic rings. The zero-order valence-corrected chi connectivity index (χ0v) is 16.9. The Morgan fingerprint density at radius 2 is 1.59 bits per heavy atom. The first kappa shape index (κ1) is 20.9. The van der Waals surface area contributed by atoms with Gasteiger partial charge in [-0.1, -0.05) is 30.3 Å². The summed E-state index contributed by atoms with van der Waals surface area (Å²) >= 11 is 0. The Morgan fingerprint density at radius 1 is 0.906 bits per heavy atom. The quantitative estimate of drug-likeness (QED) is 0.426. The predicted octanol–water partition coefficient (Wildman–Crippen LogP) is 3.36. The minimum Gasteiger partial charge on any atom is -0.322 e. The molecule has 4 rings (SSSR count). The fourth-order valence-electron chi connectivity index (χ4n) is 3.49. The van der Waals surface area contributed by atoms with Crippen LogP contribution in [0.2, 0.25) is 0 Å². The molecule has 1 fully saturated rings. The first-order valence-electron chi connectivity index (χ1n) is 9.73. The molecule has 1 saturated heterocycles. The van der Waals surface area contributed by atoms with Gasteiger partial charge >= 0.3 is 6.03 Å². The second-order valence-corrected chi connectivity index (χ2v) is 7.45. The van der Waals surface area contributed by atoms with Gasteiger partial charge in [-0.2, -0.15) is 0 Å². The van der Waals surface area contributed by atoms with Crippen molar-refractivity contribution in [2.45, 2.75) is 12.5 Å². The summed E-state index contributed by atoms with van der Waals surface area (Å²) in [6, 6.07) is 17.3. The molecule has 1 atom stereocenters. The van der Waals surface area contributed by atoms with E-state index < -0.39 is 35.0 Å². The van der Waals surface area contributed by atoms with Gasteiger partial charge in [0.2, 0.25) is 0 Å². The molecule has 0 aliphatic carbocycles. The fraction of sp³-hybridized carbons (Fsp3) is 0.0833. The van der Waals surface area contributed by atoms with Crippen molar-refractivity contribution >= 4 is 29.3 Å². The van der Waals surface area contributed by atoms with E-state index in [1.54, 1.807) is 43.3 Å². The number of rotatable bonds is 5. The van der Waals surface area contributed by atoms with Crippen LogP contribution in [-0.4, -0.2) is 23.6 Å². The van der Waals surface area contributed by atoms with Gasteiger partial charge in [-0.05, 0) is 55.0 Å². The lowest BCUT2D eigenvalue weighted by Gasteiger charge is -2.21. The highest BCUT2D eigenvalue weighted by Gasteiger charge is 2.43. The summed E-state index contributed by atoms with van der Waals surface area (Å²) in [5.74, 6) is -1.91. The van der Waals surface area contributed by atoms with E-state index >= 15 is 0 Å². The number of hydrogen-bond donors (Lipinski definition) is 3. The fourth-order valence-corrected chi connectivity index (χ4v) is 3.49. The molecular weight excluding hydrogens is 413 g/mol. The number of halogens is 1. The lowest BCUT2D eigenvalue weighted by atomic mass is 9.92. The van der Waals surface area contributed by atoms with Gasteiger partial charge in [0.15, 0.2) is 5.78 Å². The molecule has 8 heteroatoms. The van der Waals surface area contributed by atoms with E-state index in [2.05, 4.69) is 16.0 Å². The van der Waals surface area contributed by atoms with E-state index in [1.807, 2.05) is 0 Å². The molecule has 0 aromatic heterocycles. The number of carbonyl (C=O) groups excluding carboxylic acids is 4. The van der Waals surface area contributed by atoms with E-state index in [9.17, 15) is 23.6 Å². The first-order chi connectivity index (χ1) is 15.3. The largest absolute Gasteiger partial charge is 0.322 e. The van der Waals surface area contributed by atoms with Crippen LogP contribution in [0.1, 0.15) is 38.8 Å². The summed E-state index contributed by atoms with van der Waals surface area (Å²) in [6.07, 6.45) is 0. The molecule has 1 aliphatic heterocycles. The number of ketones is 1. The molecule has 0 spiro atoms. The average Bonchev–Trinajstić information content (AvgIpc) is 3.06. The van der Waals surface area contributed by atoms with Crippen molar-refractivity contribution in [3.63, 3.8) is 0 Å². The monoisotopic (exact) mass is 431 g/mol. The molecule has 0 saturated carbocycles. The van der Waals surface area contributed by atoms with Crippen LogP contribution >= 0.6 is 0 Å². The van der Waals surface area contributed by atoms with Crippen molar-refractivity contribution in [2.75, 3.05) is 5.32 Å². The molecule has 1 heterocycles. The Labute approximate surface area is 182 Å². The summed E-state index contributed by atoms with van der Waals surface area (Å²) in [7, 11) is 0. The van der Waals surface area contributed by atoms with Crippen LogP contribution in [-0.2, 0) is 10.3 Å². The number of benzene rings is 3. The summed E-state index contributed by atoms with van der Waals surface area (Å²) in [5, 5.41) is 7.49. The maximum atomic E-state index is 13.2. The summed E-state index contributed by atoms with van der Waals surface area (Å²) < 4.78 is 13.2. The molecule has 0 radical (unpaired) electrons. The van der Waals surface area contributed by atoms with Gasteiger partial charge in [0.25, 0.3) is 11.8 Å². The Hall–Kier alpha value is -4.33. The van der Waals surface area contributed by atoms with Crippen molar-refractivity contribution < 1.29 is 23.6 Å². The third-order valence-corrected chi connectivity index (χ3v) is 5.27. The van der Waals surface area contributed by atoms with E-state index in [-0.39, 0.29) is 16.7 Å². The topological polar surface area (TPSA) is 104 Å². The van der Waals surface area contributed by atoms with Gasteiger partial charge in [-0.15, -0.1) is 0 Å². The van der Waals surface area contributed by atoms with Crippen molar-refractivity contribution in [1.82, 2.24) is 10.6 Å². The summed E-state index contributed by atoms with van der Waals surface area (Å²) in [4.78, 5) is 49.6. The van der Waals surface area contributed by atoms with Crippen LogP contribution in [0.4, 0.5) is 14.9 Å². The van der Waals surface area contributed by atoms with Gasteiger partial charge in [-0.3, -0.25) is 19.7 Å². The highest BCUT2D eigenvalue weighted by atomic mass is 19.1. The molecular formula is C24H18FN3O4. The number of anilines is 1. The van der Waals surface area contributed by atoms with Crippen LogP contribution in [0.25, 0.3) is 0 Å². The van der Waals surface area contributed by atoms with Crippen LogP contribution in [0.5, 0.6) is 0 Å². The normalized spacial score (nSPS) is 17.4. The minimum atomic E-state index is -1.27. The van der Waals surface area contributed by atoms with Gasteiger partial charge in [0.05, 0.1) is 5.56 Å². The van der Waals surface area contributed by atoms with Crippen molar-refractivity contribution in [2.24, 2.45) is 0 Å². The van der Waals surface area contributed by atoms with Crippen LogP contribution in [0, 0.1) is 5.82 Å². The number of urea groups is 1. The Bertz CT molecular complexity index is 1260. The molecule has 0 bridgehead atoms. The SMILES string of the molecule is CC1(c2cccc(NC(=O)c3ccccc3C(=O)c3ccc(F)cc3)c2)NC(=O)NC1=O. The van der Waals surface area contributed by atoms with E-state index in [0.717, 1.165) is 0 Å². The molecule has 3 N–H and O–H groups in total. The average molecular weight is 431 g/mol. The Morgan fingerprint density at radius 3 is 2.25 bits per heavy atom. The van der Waals surface area contributed by atoms with E-state index in [0.29, 0.717) is 11.3 Å². The van der Waals surface area contributed by atoms with Crippen molar-refractivity contribution in [3.05, 3.63) is 101 Å². The maximum absolute atomic E-state index is 13.2. The van der Waals surface area contributed by atoms with Gasteiger partial charge < -0.3 is 10.6 Å². The number of imide groups is 1. The summed E-state index contributed by atoms with van der Waals surface area (Å²) in [6.45, 7) is 1.56. The van der Waals surface area contributed by atoms with Gasteiger partial charge in [0, 0.05) is 16.8 Å². The third kappa shape index (κ3) is 3.85. The number of hydrogen-bond acceptors (Lipinski definition) is 4. The lowest BCUT2D eigenvalue weighted by molar-refractivity contribution is -0.123. The second-order valence-electron chi connectivity index (χ2n) is 7.45. The molecule has 3 aromatic rings. The highest BCUT2D eigenvalue weighted by molar-refractivity contribution is 6.17. The first-order valence-corrected chi connectivity index (χ1v) is 9.73. The molecule has 4 amide bonds. The van der Waals surface area contributed by atoms with E-state index in [4.69, 9.17) is 0 Å². The van der Waals surface area contributed by atoms with Gasteiger partial charge in [-0.25, -0.2) is 9.18 Å². The Kier molecular flexibility index (Phi) is 5.28. The lowest BCUT2D eigenvalue weighted by Crippen LogP contribution is -2.40. The summed E-state index contributed by atoms with van der Waals surface area (Å²) in [5.41, 5.74) is 0.159. The third-order valence-electron chi connectivity index (χ3n) is 5.27. The van der Waals surface area contributed by atoms with Crippen LogP contribution in [0.15, 0.2) is 72.8 Å². The van der Waals surface area contributed by atoms with Crippen LogP contribution in [0.3, 0.4) is 0 Å². The predicted molar refractivity (Wildman–Crippen MR) is 115 cm³/mol.